The number of aromatic nitrogens is 2. The maximum Gasteiger partial charge on any atom is 0.162 e. The fourth-order valence-corrected chi connectivity index (χ4v) is 4.60. The van der Waals surface area contributed by atoms with E-state index in [9.17, 15) is 5.11 Å². The maximum absolute atomic E-state index is 10.1. The van der Waals surface area contributed by atoms with E-state index in [1.807, 2.05) is 36.7 Å². The highest BCUT2D eigenvalue weighted by molar-refractivity contribution is 5.63. The van der Waals surface area contributed by atoms with Crippen molar-refractivity contribution in [1.29, 1.82) is 0 Å². The second-order valence-corrected chi connectivity index (χ2v) is 7.55. The maximum atomic E-state index is 10.1. The molecule has 1 aliphatic carbocycles. The van der Waals surface area contributed by atoms with E-state index in [2.05, 4.69) is 14.9 Å². The van der Waals surface area contributed by atoms with E-state index in [-0.39, 0.29) is 17.7 Å². The zero-order valence-corrected chi connectivity index (χ0v) is 16.0. The predicted octanol–water partition coefficient (Wildman–Crippen LogP) is 2.66. The molecule has 0 spiro atoms. The van der Waals surface area contributed by atoms with Gasteiger partial charge in [0.15, 0.2) is 5.82 Å². The Kier molecular flexibility index (Phi) is 5.12. The topological polar surface area (TPSA) is 67.7 Å². The number of likely N-dealkylation sites (tertiary alicyclic amines) is 1. The number of aliphatic hydroxyl groups is 1. The van der Waals surface area contributed by atoms with Gasteiger partial charge < -0.3 is 14.6 Å². The van der Waals surface area contributed by atoms with Crippen LogP contribution in [0, 0.1) is 0 Å². The van der Waals surface area contributed by atoms with Crippen molar-refractivity contribution in [3.8, 4) is 17.1 Å². The third-order valence-electron chi connectivity index (χ3n) is 6.11. The van der Waals surface area contributed by atoms with Crippen molar-refractivity contribution in [1.82, 2.24) is 14.9 Å². The van der Waals surface area contributed by atoms with Crippen LogP contribution in [0.15, 0.2) is 36.7 Å². The number of ether oxygens (including phenoxy) is 2. The third-order valence-corrected chi connectivity index (χ3v) is 6.11. The first kappa shape index (κ1) is 18.3. The number of hydrogen-bond donors (Lipinski definition) is 1. The molecule has 2 heterocycles. The summed E-state index contributed by atoms with van der Waals surface area (Å²) < 4.78 is 11.3. The first-order valence-corrected chi connectivity index (χ1v) is 9.57. The van der Waals surface area contributed by atoms with Crippen LogP contribution in [-0.4, -0.2) is 58.5 Å². The third kappa shape index (κ3) is 3.45. The van der Waals surface area contributed by atoms with Crippen LogP contribution in [0.2, 0.25) is 0 Å². The van der Waals surface area contributed by atoms with Crippen molar-refractivity contribution in [2.45, 2.75) is 50.0 Å². The molecule has 1 saturated heterocycles. The average Bonchev–Trinajstić information content (AvgIpc) is 3.07. The molecule has 6 nitrogen and oxygen atoms in total. The number of aliphatic hydroxyl groups excluding tert-OH is 1. The average molecular weight is 369 g/mol. The summed E-state index contributed by atoms with van der Waals surface area (Å²) in [4.78, 5) is 11.5. The largest absolute Gasteiger partial charge is 0.496 e. The highest BCUT2D eigenvalue weighted by Gasteiger charge is 2.50. The highest BCUT2D eigenvalue weighted by Crippen LogP contribution is 2.42. The normalized spacial score (nSPS) is 28.1. The molecule has 1 aliphatic heterocycles. The molecule has 0 amide bonds. The minimum atomic E-state index is -0.233. The first-order valence-electron chi connectivity index (χ1n) is 9.57. The van der Waals surface area contributed by atoms with Crippen molar-refractivity contribution < 1.29 is 14.6 Å². The van der Waals surface area contributed by atoms with Gasteiger partial charge in [-0.05, 0) is 37.8 Å². The molecular weight excluding hydrogens is 342 g/mol. The molecule has 0 bridgehead atoms. The smallest absolute Gasteiger partial charge is 0.162 e. The van der Waals surface area contributed by atoms with Crippen LogP contribution in [0.3, 0.4) is 0 Å². The zero-order valence-electron chi connectivity index (χ0n) is 16.0. The fraction of sp³-hybridized carbons (Fsp3) is 0.524. The molecule has 2 aromatic rings. The number of nitrogens with zero attached hydrogens (tertiary/aromatic N) is 3. The van der Waals surface area contributed by atoms with E-state index < -0.39 is 0 Å². The zero-order chi connectivity index (χ0) is 18.9. The standard InChI is InChI=1S/C21H27N3O3/c1-26-18-6-4-3-5-17(18)20-22-12-15(13-23-20)14-24-10-9-21(27-2)8-7-16(25)11-19(21)24/h3-6,12-13,16,19,25H,7-11,14H2,1-2H3. The van der Waals surface area contributed by atoms with Gasteiger partial charge in [0.2, 0.25) is 0 Å². The lowest BCUT2D eigenvalue weighted by atomic mass is 9.79. The predicted molar refractivity (Wildman–Crippen MR) is 102 cm³/mol. The minimum Gasteiger partial charge on any atom is -0.496 e. The Balaban J connectivity index is 1.50. The molecule has 2 fully saturated rings. The molecule has 1 aromatic heterocycles. The quantitative estimate of drug-likeness (QED) is 0.874. The Labute approximate surface area is 160 Å². The Morgan fingerprint density at radius 3 is 2.70 bits per heavy atom. The molecule has 6 heteroatoms. The van der Waals surface area contributed by atoms with Crippen LogP contribution < -0.4 is 4.74 Å². The molecule has 0 radical (unpaired) electrons. The van der Waals surface area contributed by atoms with Crippen LogP contribution in [0.25, 0.3) is 11.4 Å². The van der Waals surface area contributed by atoms with Crippen LogP contribution >= 0.6 is 0 Å². The fourth-order valence-electron chi connectivity index (χ4n) is 4.60. The molecule has 1 aromatic carbocycles. The lowest BCUT2D eigenvalue weighted by Gasteiger charge is -2.42. The van der Waals surface area contributed by atoms with Gasteiger partial charge in [-0.1, -0.05) is 12.1 Å². The van der Waals surface area contributed by atoms with Crippen LogP contribution in [-0.2, 0) is 11.3 Å². The number of hydrogen-bond acceptors (Lipinski definition) is 6. The minimum absolute atomic E-state index is 0.114. The van der Waals surface area contributed by atoms with Gasteiger partial charge in [0.05, 0.1) is 24.4 Å². The van der Waals surface area contributed by atoms with Gasteiger partial charge in [0.25, 0.3) is 0 Å². The van der Waals surface area contributed by atoms with Gasteiger partial charge in [-0.2, -0.15) is 0 Å². The molecule has 3 unspecified atom stereocenters. The van der Waals surface area contributed by atoms with Crippen LogP contribution in [0.5, 0.6) is 5.75 Å². The van der Waals surface area contributed by atoms with Gasteiger partial charge in [-0.15, -0.1) is 0 Å². The lowest BCUT2D eigenvalue weighted by Crippen LogP contribution is -2.51. The number of para-hydroxylation sites is 1. The molecule has 1 saturated carbocycles. The Bertz CT molecular complexity index is 782. The van der Waals surface area contributed by atoms with Gasteiger partial charge in [-0.3, -0.25) is 4.90 Å². The van der Waals surface area contributed by atoms with Crippen molar-refractivity contribution in [3.05, 3.63) is 42.2 Å². The van der Waals surface area contributed by atoms with E-state index in [0.29, 0.717) is 5.82 Å². The van der Waals surface area contributed by atoms with Crippen molar-refractivity contribution in [2.75, 3.05) is 20.8 Å². The van der Waals surface area contributed by atoms with Gasteiger partial charge >= 0.3 is 0 Å². The molecule has 4 rings (SSSR count). The van der Waals surface area contributed by atoms with Crippen molar-refractivity contribution >= 4 is 0 Å². The summed E-state index contributed by atoms with van der Waals surface area (Å²) in [6, 6.07) is 8.02. The lowest BCUT2D eigenvalue weighted by molar-refractivity contribution is -0.0879. The monoisotopic (exact) mass is 369 g/mol. The molecule has 1 N–H and O–H groups in total. The second kappa shape index (κ2) is 7.54. The molecule has 2 aliphatic rings. The van der Waals surface area contributed by atoms with E-state index in [1.54, 1.807) is 14.2 Å². The summed E-state index contributed by atoms with van der Waals surface area (Å²) in [5.41, 5.74) is 1.85. The number of rotatable bonds is 5. The Hall–Kier alpha value is -2.02. The van der Waals surface area contributed by atoms with Crippen molar-refractivity contribution in [2.24, 2.45) is 0 Å². The summed E-state index contributed by atoms with van der Waals surface area (Å²) in [5, 5.41) is 10.1. The van der Waals surface area contributed by atoms with E-state index in [4.69, 9.17) is 9.47 Å². The van der Waals surface area contributed by atoms with E-state index in [1.165, 1.54) is 0 Å². The summed E-state index contributed by atoms with van der Waals surface area (Å²) in [7, 11) is 3.46. The first-order chi connectivity index (χ1) is 13.1. The Morgan fingerprint density at radius 1 is 1.19 bits per heavy atom. The van der Waals surface area contributed by atoms with Crippen LogP contribution in [0.4, 0.5) is 0 Å². The Morgan fingerprint density at radius 2 is 1.96 bits per heavy atom. The van der Waals surface area contributed by atoms with Crippen molar-refractivity contribution in [3.63, 3.8) is 0 Å². The number of fused-ring (bicyclic) bond motifs is 1. The summed E-state index contributed by atoms with van der Waals surface area (Å²) in [6.45, 7) is 1.74. The molecule has 3 atom stereocenters. The van der Waals surface area contributed by atoms with Crippen LogP contribution in [0.1, 0.15) is 31.2 Å². The molecule has 27 heavy (non-hydrogen) atoms. The van der Waals surface area contributed by atoms with Gasteiger partial charge in [-0.25, -0.2) is 9.97 Å². The number of benzene rings is 1. The van der Waals surface area contributed by atoms with E-state index >= 15 is 0 Å². The van der Waals surface area contributed by atoms with E-state index in [0.717, 1.165) is 55.6 Å². The molecular formula is C21H27N3O3. The highest BCUT2D eigenvalue weighted by atomic mass is 16.5. The van der Waals surface area contributed by atoms with Gasteiger partial charge in [0.1, 0.15) is 5.75 Å². The SMILES string of the molecule is COc1ccccc1-c1ncc(CN2CCC3(OC)CCC(O)CC23)cn1. The number of methoxy groups -OCH3 is 2. The molecule has 144 valence electrons. The second-order valence-electron chi connectivity index (χ2n) is 7.55. The van der Waals surface area contributed by atoms with Gasteiger partial charge in [0, 0.05) is 44.2 Å². The summed E-state index contributed by atoms with van der Waals surface area (Å²) >= 11 is 0. The summed E-state index contributed by atoms with van der Waals surface area (Å²) in [6.07, 6.45) is 7.09. The summed E-state index contributed by atoms with van der Waals surface area (Å²) in [5.74, 6) is 1.43.